The standard InChI is InChI=1S/C20H22N2O3/c1-2-25-18-6-3-5-17(13-18)21-20(24)16-10-8-15(9-11-16)14-22-12-4-7-19(22)23/h3,5-6,8-11,13H,2,4,7,12,14H2,1H3,(H,21,24). The van der Waals surface area contributed by atoms with E-state index in [2.05, 4.69) is 5.32 Å². The molecule has 2 amide bonds. The Kier molecular flexibility index (Phi) is 5.33. The lowest BCUT2D eigenvalue weighted by atomic mass is 10.1. The Morgan fingerprint density at radius 2 is 2.00 bits per heavy atom. The highest BCUT2D eigenvalue weighted by atomic mass is 16.5. The molecule has 25 heavy (non-hydrogen) atoms. The van der Waals surface area contributed by atoms with E-state index in [-0.39, 0.29) is 11.8 Å². The smallest absolute Gasteiger partial charge is 0.255 e. The predicted octanol–water partition coefficient (Wildman–Crippen LogP) is 3.46. The summed E-state index contributed by atoms with van der Waals surface area (Å²) < 4.78 is 5.44. The van der Waals surface area contributed by atoms with Crippen molar-refractivity contribution in [3.05, 3.63) is 59.7 Å². The zero-order chi connectivity index (χ0) is 17.6. The molecule has 0 spiro atoms. The minimum Gasteiger partial charge on any atom is -0.494 e. The van der Waals surface area contributed by atoms with Crippen molar-refractivity contribution in [1.82, 2.24) is 4.90 Å². The van der Waals surface area contributed by atoms with E-state index in [1.165, 1.54) is 0 Å². The lowest BCUT2D eigenvalue weighted by molar-refractivity contribution is -0.128. The fourth-order valence-electron chi connectivity index (χ4n) is 2.89. The molecule has 130 valence electrons. The minimum atomic E-state index is -0.169. The summed E-state index contributed by atoms with van der Waals surface area (Å²) in [5.41, 5.74) is 2.31. The van der Waals surface area contributed by atoms with Gasteiger partial charge >= 0.3 is 0 Å². The van der Waals surface area contributed by atoms with E-state index in [1.54, 1.807) is 18.2 Å². The summed E-state index contributed by atoms with van der Waals surface area (Å²) in [5.74, 6) is 0.763. The lowest BCUT2D eigenvalue weighted by Crippen LogP contribution is -2.23. The number of hydrogen-bond donors (Lipinski definition) is 1. The fraction of sp³-hybridized carbons (Fsp3) is 0.300. The topological polar surface area (TPSA) is 58.6 Å². The summed E-state index contributed by atoms with van der Waals surface area (Å²) in [4.78, 5) is 25.9. The Balaban J connectivity index is 1.62. The first-order chi connectivity index (χ1) is 12.2. The molecule has 0 aromatic heterocycles. The maximum atomic E-state index is 12.4. The molecule has 1 saturated heterocycles. The van der Waals surface area contributed by atoms with Crippen LogP contribution in [0.2, 0.25) is 0 Å². The molecule has 1 aliphatic heterocycles. The Morgan fingerprint density at radius 3 is 2.68 bits per heavy atom. The molecule has 1 aliphatic rings. The van der Waals surface area contributed by atoms with Crippen molar-refractivity contribution >= 4 is 17.5 Å². The summed E-state index contributed by atoms with van der Waals surface area (Å²) in [6, 6.07) is 14.7. The third kappa shape index (κ3) is 4.38. The molecule has 5 heteroatoms. The van der Waals surface area contributed by atoms with Gasteiger partial charge in [0.2, 0.25) is 5.91 Å². The van der Waals surface area contributed by atoms with Crippen LogP contribution >= 0.6 is 0 Å². The van der Waals surface area contributed by atoms with Gasteiger partial charge in [0.05, 0.1) is 6.61 Å². The number of benzene rings is 2. The van der Waals surface area contributed by atoms with Crippen LogP contribution in [0.15, 0.2) is 48.5 Å². The largest absolute Gasteiger partial charge is 0.494 e. The fourth-order valence-corrected chi connectivity index (χ4v) is 2.89. The average molecular weight is 338 g/mol. The summed E-state index contributed by atoms with van der Waals surface area (Å²) >= 11 is 0. The van der Waals surface area contributed by atoms with Crippen LogP contribution in [0.25, 0.3) is 0 Å². The number of anilines is 1. The molecule has 0 atom stereocenters. The number of amides is 2. The predicted molar refractivity (Wildman–Crippen MR) is 96.7 cm³/mol. The van der Waals surface area contributed by atoms with Crippen LogP contribution in [0.1, 0.15) is 35.7 Å². The third-order valence-corrected chi connectivity index (χ3v) is 4.16. The summed E-state index contributed by atoms with van der Waals surface area (Å²) in [5, 5.41) is 2.87. The maximum absolute atomic E-state index is 12.4. The van der Waals surface area contributed by atoms with Crippen molar-refractivity contribution in [1.29, 1.82) is 0 Å². The van der Waals surface area contributed by atoms with Crippen LogP contribution in [0.3, 0.4) is 0 Å². The molecule has 3 rings (SSSR count). The highest BCUT2D eigenvalue weighted by Crippen LogP contribution is 2.19. The lowest BCUT2D eigenvalue weighted by Gasteiger charge is -2.15. The minimum absolute atomic E-state index is 0.169. The Labute approximate surface area is 147 Å². The van der Waals surface area contributed by atoms with E-state index in [1.807, 2.05) is 42.2 Å². The highest BCUT2D eigenvalue weighted by Gasteiger charge is 2.20. The van der Waals surface area contributed by atoms with E-state index in [0.717, 1.165) is 24.3 Å². The summed E-state index contributed by atoms with van der Waals surface area (Å²) in [6.07, 6.45) is 1.57. The number of carbonyl (C=O) groups is 2. The SMILES string of the molecule is CCOc1cccc(NC(=O)c2ccc(CN3CCCC3=O)cc2)c1. The molecule has 0 unspecified atom stereocenters. The zero-order valence-corrected chi connectivity index (χ0v) is 14.3. The second kappa shape index (κ2) is 7.83. The van der Waals surface area contributed by atoms with Crippen LogP contribution < -0.4 is 10.1 Å². The second-order valence-electron chi connectivity index (χ2n) is 6.03. The third-order valence-electron chi connectivity index (χ3n) is 4.16. The molecule has 1 heterocycles. The van der Waals surface area contributed by atoms with Gasteiger partial charge in [-0.05, 0) is 43.2 Å². The number of likely N-dealkylation sites (tertiary alicyclic amines) is 1. The van der Waals surface area contributed by atoms with E-state index >= 15 is 0 Å². The number of hydrogen-bond acceptors (Lipinski definition) is 3. The van der Waals surface area contributed by atoms with Crippen LogP contribution in [0.4, 0.5) is 5.69 Å². The molecular formula is C20H22N2O3. The number of carbonyl (C=O) groups excluding carboxylic acids is 2. The van der Waals surface area contributed by atoms with Gasteiger partial charge in [-0.15, -0.1) is 0 Å². The number of nitrogens with one attached hydrogen (secondary N) is 1. The van der Waals surface area contributed by atoms with E-state index in [0.29, 0.717) is 30.8 Å². The molecule has 5 nitrogen and oxygen atoms in total. The molecule has 2 aromatic rings. The van der Waals surface area contributed by atoms with Gasteiger partial charge in [0.25, 0.3) is 5.91 Å². The first-order valence-electron chi connectivity index (χ1n) is 8.56. The van der Waals surface area contributed by atoms with Gasteiger partial charge in [0.15, 0.2) is 0 Å². The summed E-state index contributed by atoms with van der Waals surface area (Å²) in [7, 11) is 0. The van der Waals surface area contributed by atoms with E-state index in [9.17, 15) is 9.59 Å². The monoisotopic (exact) mass is 338 g/mol. The molecule has 1 N–H and O–H groups in total. The van der Waals surface area contributed by atoms with Crippen LogP contribution in [-0.2, 0) is 11.3 Å². The van der Waals surface area contributed by atoms with Gasteiger partial charge in [0, 0.05) is 36.8 Å². The molecular weight excluding hydrogens is 316 g/mol. The molecule has 0 bridgehead atoms. The van der Waals surface area contributed by atoms with Crippen molar-refractivity contribution in [2.75, 3.05) is 18.5 Å². The quantitative estimate of drug-likeness (QED) is 0.877. The van der Waals surface area contributed by atoms with Gasteiger partial charge in [-0.25, -0.2) is 0 Å². The molecule has 0 aliphatic carbocycles. The van der Waals surface area contributed by atoms with E-state index in [4.69, 9.17) is 4.74 Å². The van der Waals surface area contributed by atoms with Crippen LogP contribution in [0.5, 0.6) is 5.75 Å². The van der Waals surface area contributed by atoms with Crippen LogP contribution in [-0.4, -0.2) is 29.9 Å². The first-order valence-corrected chi connectivity index (χ1v) is 8.56. The molecule has 2 aromatic carbocycles. The van der Waals surface area contributed by atoms with Gasteiger partial charge in [-0.1, -0.05) is 18.2 Å². The van der Waals surface area contributed by atoms with Gasteiger partial charge in [0.1, 0.15) is 5.75 Å². The normalized spacial score (nSPS) is 13.8. The van der Waals surface area contributed by atoms with Crippen LogP contribution in [0, 0.1) is 0 Å². The zero-order valence-electron chi connectivity index (χ0n) is 14.3. The number of nitrogens with zero attached hydrogens (tertiary/aromatic N) is 1. The van der Waals surface area contributed by atoms with Gasteiger partial charge < -0.3 is 15.0 Å². The summed E-state index contributed by atoms with van der Waals surface area (Å²) in [6.45, 7) is 3.93. The maximum Gasteiger partial charge on any atom is 0.255 e. The number of rotatable bonds is 6. The van der Waals surface area contributed by atoms with Crippen molar-refractivity contribution in [2.24, 2.45) is 0 Å². The van der Waals surface area contributed by atoms with Crippen molar-refractivity contribution in [3.63, 3.8) is 0 Å². The molecule has 0 saturated carbocycles. The molecule has 0 radical (unpaired) electrons. The van der Waals surface area contributed by atoms with Gasteiger partial charge in [-0.3, -0.25) is 9.59 Å². The Morgan fingerprint density at radius 1 is 1.20 bits per heavy atom. The van der Waals surface area contributed by atoms with Gasteiger partial charge in [-0.2, -0.15) is 0 Å². The highest BCUT2D eigenvalue weighted by molar-refractivity contribution is 6.04. The van der Waals surface area contributed by atoms with Crippen molar-refractivity contribution in [3.8, 4) is 5.75 Å². The van der Waals surface area contributed by atoms with Crippen molar-refractivity contribution < 1.29 is 14.3 Å². The number of ether oxygens (including phenoxy) is 1. The first kappa shape index (κ1) is 17.0. The Hall–Kier alpha value is -2.82. The Bertz CT molecular complexity index is 756. The molecule has 1 fully saturated rings. The second-order valence-corrected chi connectivity index (χ2v) is 6.03. The van der Waals surface area contributed by atoms with E-state index < -0.39 is 0 Å². The average Bonchev–Trinajstić information content (AvgIpc) is 3.01. The van der Waals surface area contributed by atoms with Crippen molar-refractivity contribution in [2.45, 2.75) is 26.3 Å².